The van der Waals surface area contributed by atoms with Crippen molar-refractivity contribution >= 4 is 15.9 Å². The van der Waals surface area contributed by atoms with E-state index in [1.165, 1.54) is 38.4 Å². The van der Waals surface area contributed by atoms with Crippen LogP contribution in [0.1, 0.15) is 59.3 Å². The number of carbonyl (C=O) groups excluding carboxylic acids is 1. The minimum Gasteiger partial charge on any atom is -0.338 e. The van der Waals surface area contributed by atoms with Crippen LogP contribution in [0.3, 0.4) is 0 Å². The van der Waals surface area contributed by atoms with Crippen LogP contribution in [-0.4, -0.2) is 39.0 Å². The van der Waals surface area contributed by atoms with Gasteiger partial charge in [-0.3, -0.25) is 0 Å². The molecule has 0 unspecified atom stereocenters. The Balaban J connectivity index is 2.31. The number of sulfone groups is 1. The molecule has 0 saturated heterocycles. The highest BCUT2D eigenvalue weighted by Crippen LogP contribution is 2.26. The molecule has 0 spiro atoms. The fourth-order valence-electron chi connectivity index (χ4n) is 2.88. The second kappa shape index (κ2) is 8.18. The molecule has 0 bridgehead atoms. The molecule has 5 nitrogen and oxygen atoms in total. The van der Waals surface area contributed by atoms with E-state index in [4.69, 9.17) is 0 Å². The van der Waals surface area contributed by atoms with Crippen LogP contribution in [0, 0.1) is 11.3 Å². The van der Waals surface area contributed by atoms with Crippen LogP contribution in [0.15, 0.2) is 0 Å². The molecule has 0 aromatic heterocycles. The lowest BCUT2D eigenvalue weighted by Crippen LogP contribution is -2.47. The maximum absolute atomic E-state index is 12.0. The van der Waals surface area contributed by atoms with E-state index in [0.29, 0.717) is 18.9 Å². The normalized spacial score (nSPS) is 18.7. The molecule has 2 amide bonds. The summed E-state index contributed by atoms with van der Waals surface area (Å²) in [5.41, 5.74) is -0.228. The third kappa shape index (κ3) is 8.01. The maximum atomic E-state index is 12.0. The number of urea groups is 1. The highest BCUT2D eigenvalue weighted by molar-refractivity contribution is 7.90. The van der Waals surface area contributed by atoms with E-state index < -0.39 is 9.84 Å². The van der Waals surface area contributed by atoms with Gasteiger partial charge < -0.3 is 10.6 Å². The van der Waals surface area contributed by atoms with Gasteiger partial charge in [-0.15, -0.1) is 0 Å². The van der Waals surface area contributed by atoms with E-state index >= 15 is 0 Å². The summed E-state index contributed by atoms with van der Waals surface area (Å²) in [6.45, 7) is 6.50. The zero-order valence-corrected chi connectivity index (χ0v) is 15.3. The van der Waals surface area contributed by atoms with Gasteiger partial charge in [0.15, 0.2) is 0 Å². The first-order valence-corrected chi connectivity index (χ1v) is 10.4. The molecular formula is C16H32N2O3S. The minimum absolute atomic E-state index is 0.148. The minimum atomic E-state index is -2.96. The summed E-state index contributed by atoms with van der Waals surface area (Å²) in [5, 5.41) is 5.91. The van der Waals surface area contributed by atoms with Gasteiger partial charge in [0.2, 0.25) is 0 Å². The molecule has 1 fully saturated rings. The molecule has 0 radical (unpaired) electrons. The Hall–Kier alpha value is -0.780. The predicted octanol–water partition coefficient (Wildman–Crippen LogP) is 2.72. The molecule has 0 heterocycles. The summed E-state index contributed by atoms with van der Waals surface area (Å²) in [6, 6.07) is 0.0462. The topological polar surface area (TPSA) is 75.3 Å². The van der Waals surface area contributed by atoms with Crippen molar-refractivity contribution in [1.29, 1.82) is 0 Å². The number of nitrogens with one attached hydrogen (secondary N) is 2. The van der Waals surface area contributed by atoms with Gasteiger partial charge in [-0.25, -0.2) is 13.2 Å². The van der Waals surface area contributed by atoms with E-state index in [-0.39, 0.29) is 23.2 Å². The third-order valence-corrected chi connectivity index (χ3v) is 5.54. The molecule has 0 aromatic carbocycles. The fourth-order valence-corrected chi connectivity index (χ4v) is 3.80. The Morgan fingerprint density at radius 1 is 1.23 bits per heavy atom. The third-order valence-electron chi connectivity index (χ3n) is 4.59. The lowest BCUT2D eigenvalue weighted by atomic mass is 9.84. The predicted molar refractivity (Wildman–Crippen MR) is 90.7 cm³/mol. The number of amides is 2. The lowest BCUT2D eigenvalue weighted by Gasteiger charge is -2.29. The molecule has 0 aromatic rings. The van der Waals surface area contributed by atoms with Crippen molar-refractivity contribution in [2.75, 3.05) is 18.6 Å². The van der Waals surface area contributed by atoms with E-state index in [1.54, 1.807) is 0 Å². The van der Waals surface area contributed by atoms with Crippen LogP contribution in [0.25, 0.3) is 0 Å². The first kappa shape index (κ1) is 19.3. The Morgan fingerprint density at radius 2 is 1.82 bits per heavy atom. The monoisotopic (exact) mass is 332 g/mol. The van der Waals surface area contributed by atoms with Gasteiger partial charge in [0.1, 0.15) is 9.84 Å². The number of hydrogen-bond acceptors (Lipinski definition) is 3. The average Bonchev–Trinajstić information content (AvgIpc) is 2.44. The molecule has 2 N–H and O–H groups in total. The molecule has 1 aliphatic carbocycles. The van der Waals surface area contributed by atoms with Crippen molar-refractivity contribution < 1.29 is 13.2 Å². The van der Waals surface area contributed by atoms with E-state index in [1.807, 2.05) is 13.8 Å². The SMILES string of the molecule is C[C@@H](NC(=O)NCC(C)(C)CCS(C)(=O)=O)C1CCCCC1. The van der Waals surface area contributed by atoms with Gasteiger partial charge in [-0.2, -0.15) is 0 Å². The largest absolute Gasteiger partial charge is 0.338 e. The van der Waals surface area contributed by atoms with Gasteiger partial charge in [0.05, 0.1) is 5.75 Å². The summed E-state index contributed by atoms with van der Waals surface area (Å²) in [7, 11) is -2.96. The molecule has 0 aliphatic heterocycles. The summed E-state index contributed by atoms with van der Waals surface area (Å²) >= 11 is 0. The zero-order chi connectivity index (χ0) is 16.8. The molecule has 130 valence electrons. The summed E-state index contributed by atoms with van der Waals surface area (Å²) in [4.78, 5) is 12.0. The Morgan fingerprint density at radius 3 is 2.36 bits per heavy atom. The van der Waals surface area contributed by atoms with E-state index in [9.17, 15) is 13.2 Å². The van der Waals surface area contributed by atoms with Gasteiger partial charge in [-0.1, -0.05) is 33.1 Å². The summed E-state index contributed by atoms with van der Waals surface area (Å²) < 4.78 is 22.5. The summed E-state index contributed by atoms with van der Waals surface area (Å²) in [5.74, 6) is 0.736. The first-order chi connectivity index (χ1) is 10.1. The average molecular weight is 333 g/mol. The number of hydrogen-bond donors (Lipinski definition) is 2. The van der Waals surface area contributed by atoms with E-state index in [0.717, 1.165) is 0 Å². The Kier molecular flexibility index (Phi) is 7.16. The van der Waals surface area contributed by atoms with E-state index in [2.05, 4.69) is 17.6 Å². The Labute approximate surface area is 135 Å². The van der Waals surface area contributed by atoms with Crippen molar-refractivity contribution in [3.8, 4) is 0 Å². The van der Waals surface area contributed by atoms with Gasteiger partial charge >= 0.3 is 6.03 Å². The smallest absolute Gasteiger partial charge is 0.315 e. The molecular weight excluding hydrogens is 300 g/mol. The number of rotatable bonds is 7. The summed E-state index contributed by atoms with van der Waals surface area (Å²) in [6.07, 6.45) is 8.01. The molecule has 22 heavy (non-hydrogen) atoms. The second-order valence-corrected chi connectivity index (χ2v) is 9.82. The van der Waals surface area contributed by atoms with Gasteiger partial charge in [0.25, 0.3) is 0 Å². The second-order valence-electron chi connectivity index (χ2n) is 7.56. The zero-order valence-electron chi connectivity index (χ0n) is 14.4. The number of carbonyl (C=O) groups is 1. The van der Waals surface area contributed by atoms with Crippen LogP contribution in [0.2, 0.25) is 0 Å². The highest BCUT2D eigenvalue weighted by Gasteiger charge is 2.23. The van der Waals surface area contributed by atoms with Crippen LogP contribution in [-0.2, 0) is 9.84 Å². The van der Waals surface area contributed by atoms with Crippen LogP contribution >= 0.6 is 0 Å². The van der Waals surface area contributed by atoms with Crippen molar-refractivity contribution in [2.45, 2.75) is 65.3 Å². The van der Waals surface area contributed by atoms with Crippen LogP contribution in [0.5, 0.6) is 0 Å². The van der Waals surface area contributed by atoms with Crippen molar-refractivity contribution in [3.63, 3.8) is 0 Å². The van der Waals surface area contributed by atoms with Crippen molar-refractivity contribution in [2.24, 2.45) is 11.3 Å². The fraction of sp³-hybridized carbons (Fsp3) is 0.938. The van der Waals surface area contributed by atoms with Crippen LogP contribution in [0.4, 0.5) is 4.79 Å². The maximum Gasteiger partial charge on any atom is 0.315 e. The standard InChI is InChI=1S/C16H32N2O3S/c1-13(14-8-6-5-7-9-14)18-15(19)17-12-16(2,3)10-11-22(4,20)21/h13-14H,5-12H2,1-4H3,(H2,17,18,19)/t13-/m1/s1. The molecule has 1 aliphatic rings. The molecule has 1 saturated carbocycles. The quantitative estimate of drug-likeness (QED) is 0.752. The van der Waals surface area contributed by atoms with Crippen molar-refractivity contribution in [1.82, 2.24) is 10.6 Å². The molecule has 1 atom stereocenters. The van der Waals surface area contributed by atoms with Gasteiger partial charge in [-0.05, 0) is 37.5 Å². The van der Waals surface area contributed by atoms with Crippen molar-refractivity contribution in [3.05, 3.63) is 0 Å². The lowest BCUT2D eigenvalue weighted by molar-refractivity contribution is 0.218. The molecule has 6 heteroatoms. The van der Waals surface area contributed by atoms with Gasteiger partial charge in [0, 0.05) is 18.8 Å². The Bertz CT molecular complexity index is 454. The first-order valence-electron chi connectivity index (χ1n) is 8.31. The highest BCUT2D eigenvalue weighted by atomic mass is 32.2. The molecule has 1 rings (SSSR count). The van der Waals surface area contributed by atoms with Crippen LogP contribution < -0.4 is 10.6 Å².